The third-order valence-corrected chi connectivity index (χ3v) is 0. The van der Waals surface area contributed by atoms with E-state index in [0.717, 1.165) is 0 Å². The third-order valence-electron chi connectivity index (χ3n) is 0. The van der Waals surface area contributed by atoms with E-state index in [2.05, 4.69) is 0 Å². The molecule has 0 aromatic rings. The normalized spacial score (nSPS) is 0. The van der Waals surface area contributed by atoms with Crippen LogP contribution in [0, 0.1) is 0 Å². The Balaban J connectivity index is 0. The zero-order valence-electron chi connectivity index (χ0n) is 2.63. The standard InChI is InChI=1S/Cs.3FH.Pb/h;3*1H;/q+1;;;;+2/p-3. The summed E-state index contributed by atoms with van der Waals surface area (Å²) in [5, 5.41) is 0. The van der Waals surface area contributed by atoms with E-state index in [-0.39, 0.29) is 110 Å². The Morgan fingerprint density at radius 3 is 0.600 bits per heavy atom. The van der Waals surface area contributed by atoms with Gasteiger partial charge >= 0.3 is 96.2 Å². The summed E-state index contributed by atoms with van der Waals surface area (Å²) < 4.78 is 0. The molecule has 2 radical (unpaired) electrons. The molecule has 0 spiro atoms. The van der Waals surface area contributed by atoms with Gasteiger partial charge in [0, 0.05) is 0 Å². The van der Waals surface area contributed by atoms with Crippen LogP contribution >= 0.6 is 0 Å². The maximum Gasteiger partial charge on any atom is 2.00 e. The van der Waals surface area contributed by atoms with Crippen LogP contribution in [0.2, 0.25) is 0 Å². The molecule has 0 saturated carbocycles. The first-order chi connectivity index (χ1) is 0. The first kappa shape index (κ1) is 46.5. The van der Waals surface area contributed by atoms with E-state index in [1.165, 1.54) is 0 Å². The maximum absolute atomic E-state index is 0. The first-order valence-corrected chi connectivity index (χ1v) is 0. The molecule has 5 heavy (non-hydrogen) atoms. The Morgan fingerprint density at radius 2 is 0.600 bits per heavy atom. The van der Waals surface area contributed by atoms with Gasteiger partial charge in [0.05, 0.1) is 0 Å². The van der Waals surface area contributed by atoms with Crippen LogP contribution in [-0.2, 0) is 0 Å². The Kier molecular flexibility index (Phi) is 274. The fraction of sp³-hybridized carbons (Fsp3) is 0. The summed E-state index contributed by atoms with van der Waals surface area (Å²) in [6.07, 6.45) is 0. The van der Waals surface area contributed by atoms with E-state index < -0.39 is 0 Å². The summed E-state index contributed by atoms with van der Waals surface area (Å²) in [6, 6.07) is 0. The van der Waals surface area contributed by atoms with Gasteiger partial charge in [-0.3, -0.25) is 0 Å². The second-order valence-electron chi connectivity index (χ2n) is 0. The zero-order chi connectivity index (χ0) is 0. The predicted octanol–water partition coefficient (Wildman–Crippen LogP) is -12.4. The second kappa shape index (κ2) is 29.4. The van der Waals surface area contributed by atoms with Crippen LogP contribution < -0.4 is 83.0 Å². The van der Waals surface area contributed by atoms with Gasteiger partial charge in [0.15, 0.2) is 0 Å². The van der Waals surface area contributed by atoms with E-state index in [4.69, 9.17) is 0 Å². The van der Waals surface area contributed by atoms with Crippen molar-refractivity contribution in [3.63, 3.8) is 0 Å². The van der Waals surface area contributed by atoms with Crippen molar-refractivity contribution in [3.8, 4) is 0 Å². The Hall–Kier alpha value is 2.76. The van der Waals surface area contributed by atoms with Crippen molar-refractivity contribution in [3.05, 3.63) is 0 Å². The summed E-state index contributed by atoms with van der Waals surface area (Å²) in [5.41, 5.74) is 0. The molecular formula is CsF3Pb. The van der Waals surface area contributed by atoms with Gasteiger partial charge in [-0.2, -0.15) is 0 Å². The number of hydrogen-bond donors (Lipinski definition) is 0. The molecular weight excluding hydrogens is 397 g/mol. The molecule has 0 amide bonds. The van der Waals surface area contributed by atoms with Gasteiger partial charge in [-0.1, -0.05) is 0 Å². The number of hydrogen-bond acceptors (Lipinski definition) is 0. The van der Waals surface area contributed by atoms with E-state index in [0.29, 0.717) is 0 Å². The van der Waals surface area contributed by atoms with E-state index >= 15 is 0 Å². The summed E-state index contributed by atoms with van der Waals surface area (Å²) >= 11 is 0. The van der Waals surface area contributed by atoms with Crippen LogP contribution in [0.1, 0.15) is 0 Å². The van der Waals surface area contributed by atoms with Crippen molar-refractivity contribution in [1.29, 1.82) is 0 Å². The molecule has 0 atom stereocenters. The minimum absolute atomic E-state index is 0. The first-order valence-electron chi connectivity index (χ1n) is 0. The van der Waals surface area contributed by atoms with Crippen molar-refractivity contribution in [1.82, 2.24) is 0 Å². The molecule has 0 aromatic heterocycles. The van der Waals surface area contributed by atoms with Crippen LogP contribution in [0.15, 0.2) is 0 Å². The summed E-state index contributed by atoms with van der Waals surface area (Å²) in [6.45, 7) is 0. The van der Waals surface area contributed by atoms with Crippen molar-refractivity contribution < 1.29 is 83.0 Å². The number of rotatable bonds is 0. The molecule has 0 aromatic carbocycles. The molecule has 0 rings (SSSR count). The van der Waals surface area contributed by atoms with Crippen LogP contribution in [0.3, 0.4) is 0 Å². The topological polar surface area (TPSA) is 0 Å². The fourth-order valence-corrected chi connectivity index (χ4v) is 0. The third kappa shape index (κ3) is 20.1. The van der Waals surface area contributed by atoms with Crippen molar-refractivity contribution in [2.75, 3.05) is 0 Å². The van der Waals surface area contributed by atoms with Crippen LogP contribution in [-0.4, -0.2) is 27.3 Å². The van der Waals surface area contributed by atoms with Crippen molar-refractivity contribution in [2.45, 2.75) is 0 Å². The van der Waals surface area contributed by atoms with Gasteiger partial charge in [0.1, 0.15) is 0 Å². The molecule has 0 aliphatic heterocycles. The van der Waals surface area contributed by atoms with Crippen molar-refractivity contribution in [2.24, 2.45) is 0 Å². The summed E-state index contributed by atoms with van der Waals surface area (Å²) in [4.78, 5) is 0. The van der Waals surface area contributed by atoms with Gasteiger partial charge < -0.3 is 14.1 Å². The average Bonchev–Trinajstić information content (AvgIpc) is 0. The molecule has 0 heterocycles. The van der Waals surface area contributed by atoms with Crippen LogP contribution in [0.4, 0.5) is 0 Å². The fourth-order valence-electron chi connectivity index (χ4n) is 0. The minimum atomic E-state index is 0. The van der Waals surface area contributed by atoms with Crippen LogP contribution in [0.25, 0.3) is 0 Å². The Morgan fingerprint density at radius 1 is 0.600 bits per heavy atom. The molecule has 0 N–H and O–H groups in total. The van der Waals surface area contributed by atoms with Crippen LogP contribution in [0.5, 0.6) is 0 Å². The molecule has 0 nitrogen and oxygen atoms in total. The van der Waals surface area contributed by atoms with Crippen molar-refractivity contribution >= 4 is 27.3 Å². The Bertz CT molecular complexity index is 6.85. The van der Waals surface area contributed by atoms with E-state index in [1.54, 1.807) is 0 Å². The minimum Gasteiger partial charge on any atom is -1.00 e. The van der Waals surface area contributed by atoms with E-state index in [1.807, 2.05) is 0 Å². The van der Waals surface area contributed by atoms with Gasteiger partial charge in [-0.25, -0.2) is 0 Å². The van der Waals surface area contributed by atoms with Gasteiger partial charge in [-0.05, 0) is 0 Å². The average molecular weight is 397 g/mol. The maximum atomic E-state index is 0. The second-order valence-corrected chi connectivity index (χ2v) is 0. The van der Waals surface area contributed by atoms with Gasteiger partial charge in [0.25, 0.3) is 0 Å². The van der Waals surface area contributed by atoms with E-state index in [9.17, 15) is 0 Å². The quantitative estimate of drug-likeness (QED) is 0.357. The molecule has 0 aliphatic carbocycles. The molecule has 26 valence electrons. The summed E-state index contributed by atoms with van der Waals surface area (Å²) in [5.74, 6) is 0. The van der Waals surface area contributed by atoms with Gasteiger partial charge in [0.2, 0.25) is 0 Å². The molecule has 0 saturated heterocycles. The zero-order valence-corrected chi connectivity index (χ0v) is 12.8. The summed E-state index contributed by atoms with van der Waals surface area (Å²) in [7, 11) is 0. The monoisotopic (exact) mass is 398 g/mol. The molecule has 5 heteroatoms. The largest absolute Gasteiger partial charge is 2.00 e. The predicted molar refractivity (Wildman–Crippen MR) is 5.75 cm³/mol. The molecule has 0 aliphatic rings. The number of halogens is 3. The Labute approximate surface area is 107 Å². The molecule has 0 fully saturated rings. The SMILES string of the molecule is [Cs+].[F-].[F-].[F-].[Pb+2]. The molecule has 0 unspecified atom stereocenters. The smallest absolute Gasteiger partial charge is 1.00 e. The van der Waals surface area contributed by atoms with Gasteiger partial charge in [-0.15, -0.1) is 0 Å². The molecule has 0 bridgehead atoms.